The monoisotopic (exact) mass is 369 g/mol. The molecule has 1 aromatic heterocycles. The molecule has 0 bridgehead atoms. The minimum absolute atomic E-state index is 0.146. The van der Waals surface area contributed by atoms with Crippen molar-refractivity contribution in [3.63, 3.8) is 0 Å². The first-order chi connectivity index (χ1) is 13.2. The van der Waals surface area contributed by atoms with Crippen molar-refractivity contribution in [3.05, 3.63) is 47.1 Å². The zero-order valence-electron chi connectivity index (χ0n) is 16.1. The molecule has 1 aliphatic rings. The lowest BCUT2D eigenvalue weighted by molar-refractivity contribution is 0.0683. The fraction of sp³-hybridized carbons (Fsp3) is 0.550. The normalized spacial score (nSPS) is 17.4. The summed E-state index contributed by atoms with van der Waals surface area (Å²) in [6.45, 7) is 9.90. The maximum Gasteiger partial charge on any atom is 0.240 e. The number of nitriles is 1. The molecule has 2 heterocycles. The predicted molar refractivity (Wildman–Crippen MR) is 101 cm³/mol. The smallest absolute Gasteiger partial charge is 0.240 e. The molecule has 1 aromatic carbocycles. The molecule has 0 N–H and O–H groups in total. The fourth-order valence-corrected chi connectivity index (χ4v) is 3.36. The van der Waals surface area contributed by atoms with Crippen LogP contribution in [-0.4, -0.2) is 52.7 Å². The van der Waals surface area contributed by atoms with E-state index < -0.39 is 0 Å². The molecule has 7 nitrogen and oxygen atoms in total. The van der Waals surface area contributed by atoms with Crippen LogP contribution in [0.3, 0.4) is 0 Å². The zero-order valence-corrected chi connectivity index (χ0v) is 16.1. The molecule has 0 saturated carbocycles. The first kappa shape index (κ1) is 19.5. The Hall–Kier alpha value is -2.27. The van der Waals surface area contributed by atoms with Gasteiger partial charge in [-0.2, -0.15) is 10.2 Å². The van der Waals surface area contributed by atoms with Gasteiger partial charge >= 0.3 is 0 Å². The van der Waals surface area contributed by atoms with Gasteiger partial charge in [-0.1, -0.05) is 23.4 Å². The van der Waals surface area contributed by atoms with Gasteiger partial charge in [-0.15, -0.1) is 0 Å². The Morgan fingerprint density at radius 3 is 2.67 bits per heavy atom. The number of rotatable bonds is 7. The summed E-state index contributed by atoms with van der Waals surface area (Å²) < 4.78 is 10.9. The number of nitrogens with zero attached hydrogens (tertiary/aromatic N) is 5. The lowest BCUT2D eigenvalue weighted by Gasteiger charge is -2.21. The van der Waals surface area contributed by atoms with Gasteiger partial charge in [0.05, 0.1) is 18.2 Å². The van der Waals surface area contributed by atoms with Crippen molar-refractivity contribution in [1.82, 2.24) is 19.9 Å². The molecule has 1 atom stereocenters. The van der Waals surface area contributed by atoms with E-state index in [9.17, 15) is 5.26 Å². The van der Waals surface area contributed by atoms with Crippen LogP contribution in [-0.2, 0) is 17.8 Å². The highest BCUT2D eigenvalue weighted by molar-refractivity contribution is 5.37. The molecule has 1 fully saturated rings. The van der Waals surface area contributed by atoms with Crippen molar-refractivity contribution in [2.45, 2.75) is 39.5 Å². The summed E-state index contributed by atoms with van der Waals surface area (Å²) >= 11 is 0. The van der Waals surface area contributed by atoms with Gasteiger partial charge < -0.3 is 9.26 Å². The van der Waals surface area contributed by atoms with Gasteiger partial charge in [-0.3, -0.25) is 9.80 Å². The number of hydrogen-bond acceptors (Lipinski definition) is 7. The minimum Gasteiger partial charge on any atom is -0.371 e. The molecule has 0 unspecified atom stereocenters. The van der Waals surface area contributed by atoms with Crippen LogP contribution in [0.4, 0.5) is 0 Å². The van der Waals surface area contributed by atoms with Crippen molar-refractivity contribution in [3.8, 4) is 6.07 Å². The Balaban J connectivity index is 1.53. The Kier molecular flexibility index (Phi) is 6.93. The van der Waals surface area contributed by atoms with Crippen LogP contribution in [0.2, 0.25) is 0 Å². The van der Waals surface area contributed by atoms with Crippen LogP contribution in [0.1, 0.15) is 49.2 Å². The van der Waals surface area contributed by atoms with Crippen LogP contribution in [0, 0.1) is 11.3 Å². The largest absolute Gasteiger partial charge is 0.371 e. The van der Waals surface area contributed by atoms with E-state index in [0.717, 1.165) is 50.3 Å². The predicted octanol–water partition coefficient (Wildman–Crippen LogP) is 2.75. The molecular formula is C20H27N5O2. The van der Waals surface area contributed by atoms with Crippen molar-refractivity contribution in [2.24, 2.45) is 0 Å². The Bertz CT molecular complexity index is 770. The fourth-order valence-electron chi connectivity index (χ4n) is 3.36. The van der Waals surface area contributed by atoms with E-state index in [-0.39, 0.29) is 6.10 Å². The van der Waals surface area contributed by atoms with E-state index >= 15 is 0 Å². The van der Waals surface area contributed by atoms with Gasteiger partial charge in [-0.25, -0.2) is 0 Å². The van der Waals surface area contributed by atoms with Crippen LogP contribution >= 0.6 is 0 Å². The van der Waals surface area contributed by atoms with Crippen molar-refractivity contribution in [2.75, 3.05) is 32.8 Å². The quantitative estimate of drug-likeness (QED) is 0.742. The topological polar surface area (TPSA) is 78.4 Å². The van der Waals surface area contributed by atoms with Gasteiger partial charge in [0.25, 0.3) is 0 Å². The van der Waals surface area contributed by atoms with Crippen LogP contribution in [0.25, 0.3) is 0 Å². The Morgan fingerprint density at radius 1 is 1.19 bits per heavy atom. The molecule has 27 heavy (non-hydrogen) atoms. The summed E-state index contributed by atoms with van der Waals surface area (Å²) in [7, 11) is 0. The third kappa shape index (κ3) is 5.36. The summed E-state index contributed by atoms with van der Waals surface area (Å²) in [5, 5.41) is 13.3. The molecule has 1 saturated heterocycles. The maximum atomic E-state index is 9.28. The molecule has 7 heteroatoms. The average Bonchev–Trinajstić information content (AvgIpc) is 3.04. The molecule has 3 rings (SSSR count). The second-order valence-corrected chi connectivity index (χ2v) is 6.82. The molecular weight excluding hydrogens is 342 g/mol. The molecule has 0 amide bonds. The minimum atomic E-state index is -0.146. The number of hydrogen-bond donors (Lipinski definition) is 0. The van der Waals surface area contributed by atoms with E-state index in [0.29, 0.717) is 24.9 Å². The standard InChI is InChI=1S/C20H27N5O2/c1-3-26-16(2)20-22-19(27-23-20)15-25-10-6-9-24(11-12-25)14-18-8-5-4-7-17(18)13-21/h4-5,7-8,16H,3,6,9-12,14-15H2,1-2H3/t16-/m0/s1. The van der Waals surface area contributed by atoms with Crippen molar-refractivity contribution < 1.29 is 9.26 Å². The van der Waals surface area contributed by atoms with Gasteiger partial charge in [0.2, 0.25) is 5.89 Å². The lowest BCUT2D eigenvalue weighted by atomic mass is 10.1. The maximum absolute atomic E-state index is 9.28. The molecule has 0 spiro atoms. The van der Waals surface area contributed by atoms with Crippen LogP contribution < -0.4 is 0 Å². The summed E-state index contributed by atoms with van der Waals surface area (Å²) in [6, 6.07) is 10.1. The first-order valence-electron chi connectivity index (χ1n) is 9.56. The highest BCUT2D eigenvalue weighted by atomic mass is 16.5. The summed E-state index contributed by atoms with van der Waals surface area (Å²) in [5.74, 6) is 1.25. The van der Waals surface area contributed by atoms with Gasteiger partial charge in [0, 0.05) is 26.2 Å². The number of benzene rings is 1. The Labute approximate surface area is 160 Å². The highest BCUT2D eigenvalue weighted by Gasteiger charge is 2.19. The molecule has 144 valence electrons. The molecule has 2 aromatic rings. The highest BCUT2D eigenvalue weighted by Crippen LogP contribution is 2.16. The summed E-state index contributed by atoms with van der Waals surface area (Å²) in [4.78, 5) is 9.22. The van der Waals surface area contributed by atoms with Gasteiger partial charge in [0.1, 0.15) is 6.10 Å². The van der Waals surface area contributed by atoms with E-state index in [1.807, 2.05) is 38.1 Å². The third-order valence-corrected chi connectivity index (χ3v) is 4.84. The lowest BCUT2D eigenvalue weighted by Crippen LogP contribution is -2.30. The second kappa shape index (κ2) is 9.60. The molecule has 0 radical (unpaired) electrons. The average molecular weight is 369 g/mol. The molecule has 0 aliphatic carbocycles. The second-order valence-electron chi connectivity index (χ2n) is 6.82. The van der Waals surface area contributed by atoms with Gasteiger partial charge in [-0.05, 0) is 45.0 Å². The molecule has 1 aliphatic heterocycles. The number of ether oxygens (including phenoxy) is 1. The summed E-state index contributed by atoms with van der Waals surface area (Å²) in [5.41, 5.74) is 1.86. The summed E-state index contributed by atoms with van der Waals surface area (Å²) in [6.07, 6.45) is 0.928. The van der Waals surface area contributed by atoms with Gasteiger partial charge in [0.15, 0.2) is 5.82 Å². The van der Waals surface area contributed by atoms with Crippen molar-refractivity contribution in [1.29, 1.82) is 5.26 Å². The van der Waals surface area contributed by atoms with Crippen LogP contribution in [0.5, 0.6) is 0 Å². The third-order valence-electron chi connectivity index (χ3n) is 4.84. The zero-order chi connectivity index (χ0) is 19.1. The van der Waals surface area contributed by atoms with E-state index in [1.54, 1.807) is 0 Å². The first-order valence-corrected chi connectivity index (χ1v) is 9.56. The van der Waals surface area contributed by atoms with E-state index in [1.165, 1.54) is 0 Å². The van der Waals surface area contributed by atoms with Crippen molar-refractivity contribution >= 4 is 0 Å². The van der Waals surface area contributed by atoms with E-state index in [4.69, 9.17) is 9.26 Å². The number of aromatic nitrogens is 2. The van der Waals surface area contributed by atoms with Crippen LogP contribution in [0.15, 0.2) is 28.8 Å². The SMILES string of the molecule is CCO[C@@H](C)c1noc(CN2CCCN(Cc3ccccc3C#N)CC2)n1. The van der Waals surface area contributed by atoms with E-state index in [2.05, 4.69) is 26.0 Å². The Morgan fingerprint density at radius 2 is 1.93 bits per heavy atom.